The molecule has 0 bridgehead atoms. The van der Waals surface area contributed by atoms with Gasteiger partial charge in [-0.05, 0) is 42.8 Å². The molecular formula is C14H16N2O2. The number of nitrogens with zero attached hydrogens (tertiary/aromatic N) is 1. The Bertz CT molecular complexity index is 547. The average molecular weight is 244 g/mol. The zero-order chi connectivity index (χ0) is 13.1. The Balaban J connectivity index is 2.12. The van der Waals surface area contributed by atoms with Crippen molar-refractivity contribution in [1.82, 2.24) is 4.90 Å². The van der Waals surface area contributed by atoms with Crippen molar-refractivity contribution in [2.75, 3.05) is 12.8 Å². The maximum absolute atomic E-state index is 12.2. The molecule has 0 saturated heterocycles. The van der Waals surface area contributed by atoms with Crippen LogP contribution in [-0.2, 0) is 6.54 Å². The third-order valence-electron chi connectivity index (χ3n) is 2.84. The van der Waals surface area contributed by atoms with Crippen LogP contribution in [0.25, 0.3) is 0 Å². The molecule has 0 aliphatic carbocycles. The number of furan rings is 1. The Labute approximate surface area is 106 Å². The van der Waals surface area contributed by atoms with Crippen molar-refractivity contribution in [3.8, 4) is 0 Å². The highest BCUT2D eigenvalue weighted by Crippen LogP contribution is 2.15. The molecule has 1 aromatic heterocycles. The predicted octanol–water partition coefficient (Wildman–Crippen LogP) is 2.44. The molecule has 1 amide bonds. The summed E-state index contributed by atoms with van der Waals surface area (Å²) in [7, 11) is 1.75. The average Bonchev–Trinajstić information content (AvgIpc) is 2.84. The summed E-state index contributed by atoms with van der Waals surface area (Å²) in [6, 6.07) is 8.95. The van der Waals surface area contributed by atoms with Crippen molar-refractivity contribution in [2.45, 2.75) is 13.5 Å². The predicted molar refractivity (Wildman–Crippen MR) is 70.1 cm³/mol. The van der Waals surface area contributed by atoms with Crippen LogP contribution >= 0.6 is 0 Å². The second-order valence-corrected chi connectivity index (χ2v) is 4.31. The van der Waals surface area contributed by atoms with Gasteiger partial charge >= 0.3 is 0 Å². The monoisotopic (exact) mass is 244 g/mol. The number of aryl methyl sites for hydroxylation is 1. The van der Waals surface area contributed by atoms with Gasteiger partial charge in [-0.3, -0.25) is 4.79 Å². The lowest BCUT2D eigenvalue weighted by atomic mass is 10.1. The highest BCUT2D eigenvalue weighted by molar-refractivity contribution is 5.94. The standard InChI is InChI=1S/C14H16N2O2/c1-10-8-11(5-6-13(10)15)14(17)16(2)9-12-4-3-7-18-12/h3-8H,9,15H2,1-2H3. The summed E-state index contributed by atoms with van der Waals surface area (Å²) in [6.45, 7) is 2.34. The molecule has 94 valence electrons. The van der Waals surface area contributed by atoms with Gasteiger partial charge in [-0.1, -0.05) is 0 Å². The zero-order valence-corrected chi connectivity index (χ0v) is 10.5. The number of carbonyl (C=O) groups is 1. The number of hydrogen-bond acceptors (Lipinski definition) is 3. The van der Waals surface area contributed by atoms with Crippen LogP contribution in [0.1, 0.15) is 21.7 Å². The molecule has 2 N–H and O–H groups in total. The van der Waals surface area contributed by atoms with E-state index >= 15 is 0 Å². The Morgan fingerprint density at radius 1 is 1.39 bits per heavy atom. The lowest BCUT2D eigenvalue weighted by Gasteiger charge is -2.16. The lowest BCUT2D eigenvalue weighted by molar-refractivity contribution is 0.0775. The van der Waals surface area contributed by atoms with E-state index in [1.54, 1.807) is 42.5 Å². The highest BCUT2D eigenvalue weighted by Gasteiger charge is 2.13. The zero-order valence-electron chi connectivity index (χ0n) is 10.5. The molecule has 18 heavy (non-hydrogen) atoms. The van der Waals surface area contributed by atoms with Crippen molar-refractivity contribution < 1.29 is 9.21 Å². The molecule has 2 rings (SSSR count). The molecule has 0 aliphatic rings. The molecule has 1 aromatic carbocycles. The number of anilines is 1. The Kier molecular flexibility index (Phi) is 3.37. The van der Waals surface area contributed by atoms with Crippen LogP contribution in [0.5, 0.6) is 0 Å². The maximum Gasteiger partial charge on any atom is 0.254 e. The van der Waals surface area contributed by atoms with Gasteiger partial charge in [0.2, 0.25) is 0 Å². The van der Waals surface area contributed by atoms with Crippen molar-refractivity contribution in [2.24, 2.45) is 0 Å². The van der Waals surface area contributed by atoms with E-state index in [0.29, 0.717) is 17.8 Å². The maximum atomic E-state index is 12.2. The van der Waals surface area contributed by atoms with Crippen LogP contribution in [0.4, 0.5) is 5.69 Å². The third-order valence-corrected chi connectivity index (χ3v) is 2.84. The van der Waals surface area contributed by atoms with Crippen molar-refractivity contribution >= 4 is 11.6 Å². The molecule has 0 saturated carbocycles. The first kappa shape index (κ1) is 12.2. The second kappa shape index (κ2) is 4.96. The highest BCUT2D eigenvalue weighted by atomic mass is 16.3. The summed E-state index contributed by atoms with van der Waals surface area (Å²) in [6.07, 6.45) is 1.60. The van der Waals surface area contributed by atoms with E-state index in [2.05, 4.69) is 0 Å². The van der Waals surface area contributed by atoms with Gasteiger partial charge < -0.3 is 15.1 Å². The normalized spacial score (nSPS) is 10.3. The Hall–Kier alpha value is -2.23. The number of nitrogens with two attached hydrogens (primary N) is 1. The minimum atomic E-state index is -0.0468. The fourth-order valence-corrected chi connectivity index (χ4v) is 1.74. The van der Waals surface area contributed by atoms with Gasteiger partial charge in [-0.15, -0.1) is 0 Å². The molecule has 0 spiro atoms. The van der Waals surface area contributed by atoms with Gasteiger partial charge in [0, 0.05) is 18.3 Å². The van der Waals surface area contributed by atoms with Gasteiger partial charge in [-0.25, -0.2) is 0 Å². The van der Waals surface area contributed by atoms with Gasteiger partial charge in [0.05, 0.1) is 12.8 Å². The van der Waals surface area contributed by atoms with Crippen molar-refractivity contribution in [1.29, 1.82) is 0 Å². The van der Waals surface area contributed by atoms with E-state index in [1.807, 2.05) is 13.0 Å². The Morgan fingerprint density at radius 3 is 2.78 bits per heavy atom. The SMILES string of the molecule is Cc1cc(C(=O)N(C)Cc2ccco2)ccc1N. The minimum Gasteiger partial charge on any atom is -0.467 e. The fourth-order valence-electron chi connectivity index (χ4n) is 1.74. The number of benzene rings is 1. The number of nitrogen functional groups attached to an aromatic ring is 1. The third kappa shape index (κ3) is 2.53. The first-order chi connectivity index (χ1) is 8.58. The summed E-state index contributed by atoms with van der Waals surface area (Å²) >= 11 is 0. The van der Waals surface area contributed by atoms with Crippen LogP contribution in [0.15, 0.2) is 41.0 Å². The van der Waals surface area contributed by atoms with E-state index in [-0.39, 0.29) is 5.91 Å². The molecule has 4 nitrogen and oxygen atoms in total. The molecule has 0 atom stereocenters. The summed E-state index contributed by atoms with van der Waals surface area (Å²) in [4.78, 5) is 13.8. The van der Waals surface area contributed by atoms with E-state index in [1.165, 1.54) is 0 Å². The molecule has 4 heteroatoms. The van der Waals surface area contributed by atoms with Gasteiger partial charge in [0.25, 0.3) is 5.91 Å². The minimum absolute atomic E-state index is 0.0468. The Morgan fingerprint density at radius 2 is 2.17 bits per heavy atom. The summed E-state index contributed by atoms with van der Waals surface area (Å²) in [5.74, 6) is 0.715. The number of rotatable bonds is 3. The molecule has 2 aromatic rings. The number of carbonyl (C=O) groups excluding carboxylic acids is 1. The topological polar surface area (TPSA) is 59.5 Å². The molecule has 0 aliphatic heterocycles. The molecule has 0 fully saturated rings. The summed E-state index contributed by atoms with van der Waals surface area (Å²) in [5.41, 5.74) is 7.97. The number of amides is 1. The van der Waals surface area contributed by atoms with Crippen molar-refractivity contribution in [3.05, 3.63) is 53.5 Å². The first-order valence-corrected chi connectivity index (χ1v) is 5.72. The quantitative estimate of drug-likeness (QED) is 0.844. The van der Waals surface area contributed by atoms with Crippen LogP contribution in [0.3, 0.4) is 0 Å². The summed E-state index contributed by atoms with van der Waals surface area (Å²) in [5, 5.41) is 0. The van der Waals surface area contributed by atoms with Crippen LogP contribution in [0, 0.1) is 6.92 Å². The van der Waals surface area contributed by atoms with E-state index < -0.39 is 0 Å². The van der Waals surface area contributed by atoms with Crippen LogP contribution in [0.2, 0.25) is 0 Å². The fraction of sp³-hybridized carbons (Fsp3) is 0.214. The van der Waals surface area contributed by atoms with E-state index in [9.17, 15) is 4.79 Å². The summed E-state index contributed by atoms with van der Waals surface area (Å²) < 4.78 is 5.22. The van der Waals surface area contributed by atoms with Crippen LogP contribution in [-0.4, -0.2) is 17.9 Å². The second-order valence-electron chi connectivity index (χ2n) is 4.31. The molecule has 1 heterocycles. The van der Waals surface area contributed by atoms with Gasteiger partial charge in [0.15, 0.2) is 0 Å². The largest absolute Gasteiger partial charge is 0.467 e. The molecular weight excluding hydrogens is 228 g/mol. The van der Waals surface area contributed by atoms with E-state index in [0.717, 1.165) is 11.3 Å². The number of hydrogen-bond donors (Lipinski definition) is 1. The van der Waals surface area contributed by atoms with E-state index in [4.69, 9.17) is 10.2 Å². The smallest absolute Gasteiger partial charge is 0.254 e. The first-order valence-electron chi connectivity index (χ1n) is 5.72. The lowest BCUT2D eigenvalue weighted by Crippen LogP contribution is -2.26. The van der Waals surface area contributed by atoms with Crippen molar-refractivity contribution in [3.63, 3.8) is 0 Å². The van der Waals surface area contributed by atoms with Gasteiger partial charge in [-0.2, -0.15) is 0 Å². The van der Waals surface area contributed by atoms with Crippen LogP contribution < -0.4 is 5.73 Å². The van der Waals surface area contributed by atoms with Gasteiger partial charge in [0.1, 0.15) is 5.76 Å². The molecule has 0 radical (unpaired) electrons. The molecule has 0 unspecified atom stereocenters.